The number of para-hydroxylation sites is 1. The van der Waals surface area contributed by atoms with Crippen molar-refractivity contribution in [1.29, 1.82) is 0 Å². The third kappa shape index (κ3) is 3.68. The van der Waals surface area contributed by atoms with Gasteiger partial charge in [0.05, 0.1) is 29.3 Å². The van der Waals surface area contributed by atoms with Gasteiger partial charge in [-0.15, -0.1) is 11.3 Å². The van der Waals surface area contributed by atoms with E-state index < -0.39 is 10.0 Å². The fourth-order valence-corrected chi connectivity index (χ4v) is 5.86. The molecule has 3 aromatic rings. The minimum Gasteiger partial charge on any atom is -0.496 e. The van der Waals surface area contributed by atoms with Crippen molar-refractivity contribution in [2.75, 3.05) is 18.0 Å². The third-order valence-electron chi connectivity index (χ3n) is 5.17. The zero-order valence-electron chi connectivity index (χ0n) is 16.7. The number of amides is 1. The van der Waals surface area contributed by atoms with Crippen LogP contribution in [0.1, 0.15) is 33.8 Å². The average molecular weight is 443 g/mol. The van der Waals surface area contributed by atoms with E-state index in [0.29, 0.717) is 24.4 Å². The molecule has 1 atom stereocenters. The molecule has 4 rings (SSSR count). The lowest BCUT2D eigenvalue weighted by molar-refractivity contribution is 0.0937. The van der Waals surface area contributed by atoms with Crippen molar-refractivity contribution in [2.45, 2.75) is 24.3 Å². The predicted octanol–water partition coefficient (Wildman–Crippen LogP) is 4.00. The Morgan fingerprint density at radius 1 is 1.17 bits per heavy atom. The number of fused-ring (bicyclic) bond motifs is 1. The molecule has 1 aliphatic rings. The van der Waals surface area contributed by atoms with E-state index in [4.69, 9.17) is 4.74 Å². The van der Waals surface area contributed by atoms with Crippen LogP contribution >= 0.6 is 11.3 Å². The third-order valence-corrected chi connectivity index (χ3v) is 8.03. The van der Waals surface area contributed by atoms with Gasteiger partial charge in [0, 0.05) is 11.4 Å². The number of carbonyl (C=O) groups is 1. The Labute approximate surface area is 180 Å². The molecule has 0 fully saturated rings. The van der Waals surface area contributed by atoms with Crippen LogP contribution in [0.4, 0.5) is 5.69 Å². The number of hydrogen-bond donors (Lipinski definition) is 1. The summed E-state index contributed by atoms with van der Waals surface area (Å²) in [6, 6.07) is 15.5. The van der Waals surface area contributed by atoms with Crippen LogP contribution in [0.5, 0.6) is 5.75 Å². The molecule has 1 N–H and O–H groups in total. The standard InChI is InChI=1S/C22H22N2O4S2/c1-15(21-8-5-13-29-21)23-22(25)18-14-17(9-10-20(18)28-2)30(26,27)24-12-11-16-6-3-4-7-19(16)24/h3-10,13-15H,11-12H2,1-2H3,(H,23,25)/t15-/m1/s1. The van der Waals surface area contributed by atoms with E-state index in [1.54, 1.807) is 17.4 Å². The Bertz CT molecular complexity index is 1170. The van der Waals surface area contributed by atoms with Gasteiger partial charge >= 0.3 is 0 Å². The maximum atomic E-state index is 13.3. The number of hydrogen-bond acceptors (Lipinski definition) is 5. The predicted molar refractivity (Wildman–Crippen MR) is 118 cm³/mol. The van der Waals surface area contributed by atoms with Crippen LogP contribution < -0.4 is 14.4 Å². The van der Waals surface area contributed by atoms with Gasteiger partial charge in [-0.1, -0.05) is 24.3 Å². The summed E-state index contributed by atoms with van der Waals surface area (Å²) in [6.07, 6.45) is 0.664. The fraction of sp³-hybridized carbons (Fsp3) is 0.227. The molecule has 0 unspecified atom stereocenters. The van der Waals surface area contributed by atoms with E-state index in [2.05, 4.69) is 5.32 Å². The largest absolute Gasteiger partial charge is 0.496 e. The number of anilines is 1. The minimum atomic E-state index is -3.80. The van der Waals surface area contributed by atoms with Gasteiger partial charge in [0.2, 0.25) is 0 Å². The van der Waals surface area contributed by atoms with E-state index >= 15 is 0 Å². The normalized spacial score (nSPS) is 14.3. The summed E-state index contributed by atoms with van der Waals surface area (Å²) in [5, 5.41) is 4.86. The van der Waals surface area contributed by atoms with Gasteiger partial charge in [-0.05, 0) is 54.6 Å². The number of nitrogens with one attached hydrogen (secondary N) is 1. The molecule has 2 aromatic carbocycles. The number of ether oxygens (including phenoxy) is 1. The molecule has 0 aliphatic carbocycles. The van der Waals surface area contributed by atoms with Gasteiger partial charge in [-0.3, -0.25) is 9.10 Å². The van der Waals surface area contributed by atoms with Crippen molar-refractivity contribution >= 4 is 33.0 Å². The van der Waals surface area contributed by atoms with Crippen LogP contribution in [0, 0.1) is 0 Å². The molecular formula is C22H22N2O4S2. The lowest BCUT2D eigenvalue weighted by Crippen LogP contribution is -2.30. The number of methoxy groups -OCH3 is 1. The van der Waals surface area contributed by atoms with Crippen LogP contribution in [0.3, 0.4) is 0 Å². The SMILES string of the molecule is COc1ccc(S(=O)(=O)N2CCc3ccccc32)cc1C(=O)N[C@H](C)c1cccs1. The average Bonchev–Trinajstić information content (AvgIpc) is 3.43. The lowest BCUT2D eigenvalue weighted by atomic mass is 10.1. The summed E-state index contributed by atoms with van der Waals surface area (Å²) < 4.78 is 33.4. The van der Waals surface area contributed by atoms with Crippen molar-refractivity contribution in [3.8, 4) is 5.75 Å². The number of sulfonamides is 1. The molecule has 2 heterocycles. The van der Waals surface area contributed by atoms with Crippen molar-refractivity contribution in [2.24, 2.45) is 0 Å². The van der Waals surface area contributed by atoms with Crippen molar-refractivity contribution in [3.63, 3.8) is 0 Å². The Kier molecular flexibility index (Phi) is 5.53. The summed E-state index contributed by atoms with van der Waals surface area (Å²) in [6.45, 7) is 2.27. The Morgan fingerprint density at radius 3 is 2.70 bits per heavy atom. The lowest BCUT2D eigenvalue weighted by Gasteiger charge is -2.21. The van der Waals surface area contributed by atoms with E-state index in [1.807, 2.05) is 42.6 Å². The summed E-state index contributed by atoms with van der Waals surface area (Å²) in [5.74, 6) is -0.0572. The molecule has 8 heteroatoms. The number of benzene rings is 2. The van der Waals surface area contributed by atoms with Crippen LogP contribution in [-0.2, 0) is 16.4 Å². The Morgan fingerprint density at radius 2 is 1.97 bits per heavy atom. The van der Waals surface area contributed by atoms with Crippen molar-refractivity contribution < 1.29 is 17.9 Å². The summed E-state index contributed by atoms with van der Waals surface area (Å²) >= 11 is 1.55. The van der Waals surface area contributed by atoms with Gasteiger partial charge in [-0.2, -0.15) is 0 Å². The van der Waals surface area contributed by atoms with E-state index in [-0.39, 0.29) is 22.4 Å². The molecule has 1 aliphatic heterocycles. The van der Waals surface area contributed by atoms with Gasteiger partial charge in [0.1, 0.15) is 5.75 Å². The molecule has 0 radical (unpaired) electrons. The van der Waals surface area contributed by atoms with Crippen molar-refractivity contribution in [1.82, 2.24) is 5.32 Å². The van der Waals surface area contributed by atoms with E-state index in [1.165, 1.54) is 29.6 Å². The van der Waals surface area contributed by atoms with Crippen molar-refractivity contribution in [3.05, 3.63) is 76.0 Å². The first kappa shape index (κ1) is 20.4. The van der Waals surface area contributed by atoms with Crippen LogP contribution in [0.15, 0.2) is 64.9 Å². The highest BCUT2D eigenvalue weighted by atomic mass is 32.2. The second-order valence-corrected chi connectivity index (χ2v) is 9.87. The number of thiophene rings is 1. The van der Waals surface area contributed by atoms with Gasteiger partial charge in [0.25, 0.3) is 15.9 Å². The molecule has 0 saturated heterocycles. The summed E-state index contributed by atoms with van der Waals surface area (Å²) in [7, 11) is -2.35. The van der Waals surface area contributed by atoms with E-state index in [0.717, 1.165) is 10.4 Å². The fourth-order valence-electron chi connectivity index (χ4n) is 3.59. The van der Waals surface area contributed by atoms with E-state index in [9.17, 15) is 13.2 Å². The highest BCUT2D eigenvalue weighted by Crippen LogP contribution is 2.34. The highest BCUT2D eigenvalue weighted by molar-refractivity contribution is 7.92. The first-order chi connectivity index (χ1) is 14.4. The quantitative estimate of drug-likeness (QED) is 0.626. The number of rotatable bonds is 6. The molecular weight excluding hydrogens is 420 g/mol. The maximum Gasteiger partial charge on any atom is 0.264 e. The second kappa shape index (κ2) is 8.12. The zero-order chi connectivity index (χ0) is 21.3. The summed E-state index contributed by atoms with van der Waals surface area (Å²) in [4.78, 5) is 14.0. The maximum absolute atomic E-state index is 13.3. The molecule has 6 nitrogen and oxygen atoms in total. The number of nitrogens with zero attached hydrogens (tertiary/aromatic N) is 1. The molecule has 0 bridgehead atoms. The monoisotopic (exact) mass is 442 g/mol. The Hall–Kier alpha value is -2.84. The smallest absolute Gasteiger partial charge is 0.264 e. The molecule has 156 valence electrons. The van der Waals surface area contributed by atoms with Gasteiger partial charge in [-0.25, -0.2) is 8.42 Å². The number of carbonyl (C=O) groups excluding carboxylic acids is 1. The first-order valence-corrected chi connectivity index (χ1v) is 11.9. The van der Waals surface area contributed by atoms with Crippen LogP contribution in [-0.4, -0.2) is 28.0 Å². The molecule has 30 heavy (non-hydrogen) atoms. The van der Waals surface area contributed by atoms with Gasteiger partial charge in [0.15, 0.2) is 0 Å². The van der Waals surface area contributed by atoms with Gasteiger partial charge < -0.3 is 10.1 Å². The summed E-state index contributed by atoms with van der Waals surface area (Å²) in [5.41, 5.74) is 1.87. The van der Waals surface area contributed by atoms with Crippen LogP contribution in [0.25, 0.3) is 0 Å². The van der Waals surface area contributed by atoms with Crippen LogP contribution in [0.2, 0.25) is 0 Å². The highest BCUT2D eigenvalue weighted by Gasteiger charge is 2.31. The molecule has 0 saturated carbocycles. The first-order valence-electron chi connectivity index (χ1n) is 9.55. The topological polar surface area (TPSA) is 75.7 Å². The Balaban J connectivity index is 1.66. The zero-order valence-corrected chi connectivity index (χ0v) is 18.3. The molecule has 1 amide bonds. The second-order valence-electron chi connectivity index (χ2n) is 7.03. The minimum absolute atomic E-state index is 0.0638. The molecule has 1 aromatic heterocycles. The molecule has 0 spiro atoms.